The van der Waals surface area contributed by atoms with Crippen molar-refractivity contribution >= 4 is 11.6 Å². The summed E-state index contributed by atoms with van der Waals surface area (Å²) in [5.41, 5.74) is 1.05. The van der Waals surface area contributed by atoms with E-state index in [1.165, 1.54) is 25.7 Å². The number of aromatic nitrogens is 2. The fourth-order valence-corrected chi connectivity index (χ4v) is 2.98. The first-order valence-electron chi connectivity index (χ1n) is 8.79. The van der Waals surface area contributed by atoms with Gasteiger partial charge in [-0.3, -0.25) is 0 Å². The molecule has 0 aliphatic carbocycles. The molecule has 2 heterocycles. The molecule has 1 aromatic heterocycles. The molecule has 1 fully saturated rings. The Balaban J connectivity index is 1.89. The van der Waals surface area contributed by atoms with Crippen LogP contribution in [0.2, 0.25) is 0 Å². The first kappa shape index (κ1) is 16.7. The van der Waals surface area contributed by atoms with E-state index in [9.17, 15) is 0 Å². The second kappa shape index (κ2) is 8.64. The molecular formula is C19H26N4O. The molecule has 1 aromatic carbocycles. The summed E-state index contributed by atoms with van der Waals surface area (Å²) < 4.78 is 5.13. The van der Waals surface area contributed by atoms with Gasteiger partial charge < -0.3 is 15.0 Å². The SMILES string of the molecule is COCCNc1cc(N2CCCCCC2)nc(-c2ccccc2)n1. The van der Waals surface area contributed by atoms with Crippen LogP contribution in [0.15, 0.2) is 36.4 Å². The summed E-state index contributed by atoms with van der Waals surface area (Å²) in [5.74, 6) is 2.66. The van der Waals surface area contributed by atoms with E-state index < -0.39 is 0 Å². The summed E-state index contributed by atoms with van der Waals surface area (Å²) in [4.78, 5) is 11.9. The monoisotopic (exact) mass is 326 g/mol. The average Bonchev–Trinajstić information content (AvgIpc) is 2.92. The van der Waals surface area contributed by atoms with Crippen LogP contribution in [-0.4, -0.2) is 43.3 Å². The van der Waals surface area contributed by atoms with Gasteiger partial charge in [0.25, 0.3) is 0 Å². The zero-order chi connectivity index (χ0) is 16.6. The molecule has 1 aliphatic rings. The van der Waals surface area contributed by atoms with Crippen molar-refractivity contribution in [2.75, 3.05) is 43.6 Å². The van der Waals surface area contributed by atoms with Crippen LogP contribution in [0.5, 0.6) is 0 Å². The molecule has 0 unspecified atom stereocenters. The Morgan fingerprint density at radius 2 is 1.79 bits per heavy atom. The highest BCUT2D eigenvalue weighted by Crippen LogP contribution is 2.24. The second-order valence-electron chi connectivity index (χ2n) is 6.12. The van der Waals surface area contributed by atoms with Gasteiger partial charge in [0.15, 0.2) is 5.82 Å². The molecule has 0 spiro atoms. The number of hydrogen-bond acceptors (Lipinski definition) is 5. The predicted octanol–water partition coefficient (Wildman–Crippen LogP) is 3.58. The van der Waals surface area contributed by atoms with Gasteiger partial charge in [-0.1, -0.05) is 43.2 Å². The number of nitrogens with one attached hydrogen (secondary N) is 1. The van der Waals surface area contributed by atoms with Gasteiger partial charge in [-0.25, -0.2) is 9.97 Å². The van der Waals surface area contributed by atoms with Crippen LogP contribution in [0.25, 0.3) is 11.4 Å². The highest BCUT2D eigenvalue weighted by atomic mass is 16.5. The third kappa shape index (κ3) is 4.45. The van der Waals surface area contributed by atoms with Crippen molar-refractivity contribution in [2.24, 2.45) is 0 Å². The Bertz CT molecular complexity index is 625. The van der Waals surface area contributed by atoms with E-state index in [0.717, 1.165) is 42.7 Å². The first-order valence-corrected chi connectivity index (χ1v) is 8.79. The Labute approximate surface area is 144 Å². The van der Waals surface area contributed by atoms with E-state index in [1.54, 1.807) is 7.11 Å². The third-order valence-corrected chi connectivity index (χ3v) is 4.29. The molecule has 0 bridgehead atoms. The average molecular weight is 326 g/mol. The molecule has 128 valence electrons. The van der Waals surface area contributed by atoms with E-state index in [1.807, 2.05) is 18.2 Å². The van der Waals surface area contributed by atoms with Crippen LogP contribution in [0.1, 0.15) is 25.7 Å². The number of ether oxygens (including phenoxy) is 1. The van der Waals surface area contributed by atoms with E-state index in [-0.39, 0.29) is 0 Å². The van der Waals surface area contributed by atoms with Gasteiger partial charge in [0.05, 0.1) is 6.61 Å². The minimum atomic E-state index is 0.656. The van der Waals surface area contributed by atoms with E-state index in [4.69, 9.17) is 9.72 Å². The molecule has 0 radical (unpaired) electrons. The zero-order valence-corrected chi connectivity index (χ0v) is 14.4. The molecule has 0 atom stereocenters. The van der Waals surface area contributed by atoms with Crippen molar-refractivity contribution in [1.29, 1.82) is 0 Å². The smallest absolute Gasteiger partial charge is 0.163 e. The number of methoxy groups -OCH3 is 1. The fraction of sp³-hybridized carbons (Fsp3) is 0.474. The Morgan fingerprint density at radius 1 is 1.04 bits per heavy atom. The van der Waals surface area contributed by atoms with Crippen LogP contribution >= 0.6 is 0 Å². The summed E-state index contributed by atoms with van der Waals surface area (Å²) >= 11 is 0. The topological polar surface area (TPSA) is 50.3 Å². The summed E-state index contributed by atoms with van der Waals surface area (Å²) in [7, 11) is 1.71. The Hall–Kier alpha value is -2.14. The van der Waals surface area contributed by atoms with Crippen LogP contribution in [0.4, 0.5) is 11.6 Å². The maximum absolute atomic E-state index is 5.13. The first-order chi connectivity index (χ1) is 11.9. The Morgan fingerprint density at radius 3 is 2.50 bits per heavy atom. The van der Waals surface area contributed by atoms with Gasteiger partial charge in [-0.05, 0) is 12.8 Å². The van der Waals surface area contributed by atoms with Crippen molar-refractivity contribution in [3.8, 4) is 11.4 Å². The predicted molar refractivity (Wildman–Crippen MR) is 98.5 cm³/mol. The van der Waals surface area contributed by atoms with Gasteiger partial charge in [-0.2, -0.15) is 0 Å². The fourth-order valence-electron chi connectivity index (χ4n) is 2.98. The molecule has 2 aromatic rings. The molecule has 0 amide bonds. The summed E-state index contributed by atoms with van der Waals surface area (Å²) in [6.07, 6.45) is 5.09. The second-order valence-corrected chi connectivity index (χ2v) is 6.12. The molecule has 24 heavy (non-hydrogen) atoms. The highest BCUT2D eigenvalue weighted by molar-refractivity contribution is 5.61. The third-order valence-electron chi connectivity index (χ3n) is 4.29. The van der Waals surface area contributed by atoms with Crippen molar-refractivity contribution in [1.82, 2.24) is 9.97 Å². The molecule has 1 aliphatic heterocycles. The largest absolute Gasteiger partial charge is 0.383 e. The van der Waals surface area contributed by atoms with E-state index in [2.05, 4.69) is 33.4 Å². The molecular weight excluding hydrogens is 300 g/mol. The Kier molecular flexibility index (Phi) is 6.01. The number of hydrogen-bond donors (Lipinski definition) is 1. The normalized spacial score (nSPS) is 15.1. The zero-order valence-electron chi connectivity index (χ0n) is 14.4. The molecule has 5 nitrogen and oxygen atoms in total. The van der Waals surface area contributed by atoms with Gasteiger partial charge in [-0.15, -0.1) is 0 Å². The molecule has 3 rings (SSSR count). The van der Waals surface area contributed by atoms with Crippen LogP contribution < -0.4 is 10.2 Å². The van der Waals surface area contributed by atoms with Crippen molar-refractivity contribution < 1.29 is 4.74 Å². The van der Waals surface area contributed by atoms with Gasteiger partial charge in [0, 0.05) is 38.4 Å². The van der Waals surface area contributed by atoms with Crippen LogP contribution in [0, 0.1) is 0 Å². The molecule has 1 N–H and O–H groups in total. The lowest BCUT2D eigenvalue weighted by atomic mass is 10.2. The molecule has 5 heteroatoms. The quantitative estimate of drug-likeness (QED) is 0.822. The summed E-state index contributed by atoms with van der Waals surface area (Å²) in [6.45, 7) is 3.54. The van der Waals surface area contributed by atoms with E-state index >= 15 is 0 Å². The number of anilines is 2. The minimum Gasteiger partial charge on any atom is -0.383 e. The summed E-state index contributed by atoms with van der Waals surface area (Å²) in [5, 5.41) is 3.35. The van der Waals surface area contributed by atoms with Gasteiger partial charge >= 0.3 is 0 Å². The van der Waals surface area contributed by atoms with Crippen LogP contribution in [-0.2, 0) is 4.74 Å². The minimum absolute atomic E-state index is 0.656. The van der Waals surface area contributed by atoms with Gasteiger partial charge in [0.2, 0.25) is 0 Å². The van der Waals surface area contributed by atoms with Crippen molar-refractivity contribution in [2.45, 2.75) is 25.7 Å². The van der Waals surface area contributed by atoms with Crippen molar-refractivity contribution in [3.63, 3.8) is 0 Å². The number of rotatable bonds is 6. The highest BCUT2D eigenvalue weighted by Gasteiger charge is 2.14. The lowest BCUT2D eigenvalue weighted by Crippen LogP contribution is -2.25. The number of nitrogens with zero attached hydrogens (tertiary/aromatic N) is 3. The lowest BCUT2D eigenvalue weighted by Gasteiger charge is -2.22. The van der Waals surface area contributed by atoms with Crippen LogP contribution in [0.3, 0.4) is 0 Å². The maximum atomic E-state index is 5.13. The van der Waals surface area contributed by atoms with Gasteiger partial charge in [0.1, 0.15) is 11.6 Å². The molecule has 1 saturated heterocycles. The number of benzene rings is 1. The van der Waals surface area contributed by atoms with E-state index in [0.29, 0.717) is 6.61 Å². The van der Waals surface area contributed by atoms with Crippen molar-refractivity contribution in [3.05, 3.63) is 36.4 Å². The summed E-state index contributed by atoms with van der Waals surface area (Å²) in [6, 6.07) is 12.2. The maximum Gasteiger partial charge on any atom is 0.163 e. The molecule has 0 saturated carbocycles. The standard InChI is InChI=1S/C19H26N4O/c1-24-14-11-20-17-15-18(23-12-7-2-3-8-13-23)22-19(21-17)16-9-5-4-6-10-16/h4-6,9-10,15H,2-3,7-8,11-14H2,1H3,(H,20,21,22). The lowest BCUT2D eigenvalue weighted by molar-refractivity contribution is 0.210.